The number of benzene rings is 1. The minimum Gasteiger partial charge on any atom is -0.495 e. The molecule has 0 aromatic heterocycles. The fourth-order valence-corrected chi connectivity index (χ4v) is 1.48. The lowest BCUT2D eigenvalue weighted by Gasteiger charge is -2.38. The largest absolute Gasteiger partial charge is 0.495 e. The third kappa shape index (κ3) is 1.47. The minimum absolute atomic E-state index is 0.186. The maximum absolute atomic E-state index is 9.15. The molecule has 1 aromatic rings. The smallest absolute Gasteiger partial charge is 0.142 e. The highest BCUT2D eigenvalue weighted by molar-refractivity contribution is 5.59. The Hall–Kier alpha value is -1.22. The van der Waals surface area contributed by atoms with Crippen molar-refractivity contribution in [1.29, 1.82) is 0 Å². The van der Waals surface area contributed by atoms with Crippen molar-refractivity contribution in [3.63, 3.8) is 0 Å². The normalized spacial score (nSPS) is 16.9. The summed E-state index contributed by atoms with van der Waals surface area (Å²) in [6.45, 7) is 1.39. The van der Waals surface area contributed by atoms with Gasteiger partial charge in [-0.05, 0) is 18.2 Å². The highest BCUT2D eigenvalue weighted by Gasteiger charge is 2.26. The molecule has 0 atom stereocenters. The molecule has 0 unspecified atom stereocenters. The van der Waals surface area contributed by atoms with Gasteiger partial charge in [-0.25, -0.2) is 0 Å². The van der Waals surface area contributed by atoms with Gasteiger partial charge in [0.15, 0.2) is 0 Å². The number of aliphatic hydroxyl groups excluding tert-OH is 1. The molecule has 0 saturated carbocycles. The van der Waals surface area contributed by atoms with Gasteiger partial charge in [-0.3, -0.25) is 0 Å². The van der Waals surface area contributed by atoms with E-state index in [1.165, 1.54) is 0 Å². The first-order valence-electron chi connectivity index (χ1n) is 4.28. The summed E-state index contributed by atoms with van der Waals surface area (Å²) < 4.78 is 5.18. The SMILES string of the molecule is COc1c[c]ccc1N1CC(O)C1. The molecule has 1 N–H and O–H groups in total. The summed E-state index contributed by atoms with van der Waals surface area (Å²) in [7, 11) is 1.64. The Morgan fingerprint density at radius 3 is 3.00 bits per heavy atom. The highest BCUT2D eigenvalue weighted by Crippen LogP contribution is 2.30. The predicted octanol–water partition coefficient (Wildman–Crippen LogP) is 0.676. The zero-order valence-electron chi connectivity index (χ0n) is 7.53. The monoisotopic (exact) mass is 178 g/mol. The third-order valence-electron chi connectivity index (χ3n) is 2.23. The van der Waals surface area contributed by atoms with Crippen LogP contribution in [0.3, 0.4) is 0 Å². The van der Waals surface area contributed by atoms with Crippen LogP contribution < -0.4 is 9.64 Å². The molecule has 0 amide bonds. The minimum atomic E-state index is -0.186. The van der Waals surface area contributed by atoms with Crippen molar-refractivity contribution in [1.82, 2.24) is 0 Å². The first-order valence-corrected chi connectivity index (χ1v) is 4.28. The fraction of sp³-hybridized carbons (Fsp3) is 0.400. The van der Waals surface area contributed by atoms with Crippen molar-refractivity contribution in [3.05, 3.63) is 24.3 Å². The molecule has 0 aliphatic carbocycles. The van der Waals surface area contributed by atoms with Gasteiger partial charge in [-0.15, -0.1) is 0 Å². The van der Waals surface area contributed by atoms with Crippen LogP contribution in [-0.4, -0.2) is 31.4 Å². The predicted molar refractivity (Wildman–Crippen MR) is 50.0 cm³/mol. The lowest BCUT2D eigenvalue weighted by molar-refractivity contribution is 0.141. The molecule has 69 valence electrons. The summed E-state index contributed by atoms with van der Waals surface area (Å²) in [5.74, 6) is 0.814. The van der Waals surface area contributed by atoms with E-state index in [2.05, 4.69) is 11.0 Å². The molecular formula is C10H12NO2. The molecule has 0 bridgehead atoms. The zero-order valence-corrected chi connectivity index (χ0v) is 7.53. The van der Waals surface area contributed by atoms with Gasteiger partial charge in [0.05, 0.1) is 18.9 Å². The maximum atomic E-state index is 9.15. The Bertz CT molecular complexity index is 295. The number of methoxy groups -OCH3 is 1. The van der Waals surface area contributed by atoms with Crippen molar-refractivity contribution < 1.29 is 9.84 Å². The molecule has 1 fully saturated rings. The van der Waals surface area contributed by atoms with Gasteiger partial charge in [-0.2, -0.15) is 0 Å². The quantitative estimate of drug-likeness (QED) is 0.722. The van der Waals surface area contributed by atoms with Crippen molar-refractivity contribution in [2.24, 2.45) is 0 Å². The van der Waals surface area contributed by atoms with Gasteiger partial charge in [-0.1, -0.05) is 6.07 Å². The summed E-state index contributed by atoms with van der Waals surface area (Å²) in [6.07, 6.45) is -0.186. The van der Waals surface area contributed by atoms with Crippen LogP contribution in [0.5, 0.6) is 5.75 Å². The third-order valence-corrected chi connectivity index (χ3v) is 2.23. The number of nitrogens with zero attached hydrogens (tertiary/aromatic N) is 1. The van der Waals surface area contributed by atoms with Gasteiger partial charge < -0.3 is 14.7 Å². The number of ether oxygens (including phenoxy) is 1. The average molecular weight is 178 g/mol. The van der Waals surface area contributed by atoms with E-state index in [1.54, 1.807) is 13.2 Å². The Morgan fingerprint density at radius 1 is 1.62 bits per heavy atom. The summed E-state index contributed by atoms with van der Waals surface area (Å²) in [5, 5.41) is 9.15. The Labute approximate surface area is 77.6 Å². The first kappa shape index (κ1) is 8.38. The molecule has 2 rings (SSSR count). The van der Waals surface area contributed by atoms with Gasteiger partial charge in [0.1, 0.15) is 5.75 Å². The van der Waals surface area contributed by atoms with E-state index in [1.807, 2.05) is 12.1 Å². The standard InChI is InChI=1S/C10H12NO2/c1-13-10-5-3-2-4-9(10)11-6-8(12)7-11/h2,4-5,8,12H,6-7H2,1H3. The van der Waals surface area contributed by atoms with Crippen LogP contribution in [0.15, 0.2) is 18.2 Å². The average Bonchev–Trinajstić information content (AvgIpc) is 2.13. The number of aliphatic hydroxyl groups is 1. The number of anilines is 1. The number of hydrogen-bond donors (Lipinski definition) is 1. The van der Waals surface area contributed by atoms with Gasteiger partial charge in [0, 0.05) is 13.1 Å². The molecule has 13 heavy (non-hydrogen) atoms. The second-order valence-corrected chi connectivity index (χ2v) is 3.16. The van der Waals surface area contributed by atoms with Crippen LogP contribution in [0.1, 0.15) is 0 Å². The van der Waals surface area contributed by atoms with E-state index in [0.29, 0.717) is 13.1 Å². The van der Waals surface area contributed by atoms with Crippen LogP contribution in [0.2, 0.25) is 0 Å². The fourth-order valence-electron chi connectivity index (χ4n) is 1.48. The lowest BCUT2D eigenvalue weighted by atomic mass is 10.1. The van der Waals surface area contributed by atoms with E-state index in [9.17, 15) is 0 Å². The van der Waals surface area contributed by atoms with E-state index in [0.717, 1.165) is 11.4 Å². The summed E-state index contributed by atoms with van der Waals surface area (Å²) in [5.41, 5.74) is 1.03. The summed E-state index contributed by atoms with van der Waals surface area (Å²) >= 11 is 0. The number of β-amino-alcohol motifs (C(OH)–C–C–N with tert-alkyl or cyclic N) is 1. The van der Waals surface area contributed by atoms with Gasteiger partial charge in [0.25, 0.3) is 0 Å². The van der Waals surface area contributed by atoms with Crippen molar-refractivity contribution in [2.45, 2.75) is 6.10 Å². The van der Waals surface area contributed by atoms with Crippen LogP contribution in [0.25, 0.3) is 0 Å². The Kier molecular flexibility index (Phi) is 2.10. The molecule has 3 nitrogen and oxygen atoms in total. The highest BCUT2D eigenvalue weighted by atomic mass is 16.5. The maximum Gasteiger partial charge on any atom is 0.142 e. The van der Waals surface area contributed by atoms with Crippen molar-refractivity contribution >= 4 is 5.69 Å². The number of rotatable bonds is 2. The number of hydrogen-bond acceptors (Lipinski definition) is 3. The van der Waals surface area contributed by atoms with Crippen LogP contribution >= 0.6 is 0 Å². The second kappa shape index (κ2) is 3.26. The molecule has 3 heteroatoms. The molecule has 1 aromatic carbocycles. The van der Waals surface area contributed by atoms with Gasteiger partial charge >= 0.3 is 0 Å². The molecule has 1 saturated heterocycles. The Morgan fingerprint density at radius 2 is 2.38 bits per heavy atom. The molecule has 0 spiro atoms. The Balaban J connectivity index is 2.19. The molecule has 1 radical (unpaired) electrons. The van der Waals surface area contributed by atoms with Crippen LogP contribution in [0, 0.1) is 6.07 Å². The van der Waals surface area contributed by atoms with E-state index < -0.39 is 0 Å². The lowest BCUT2D eigenvalue weighted by Crippen LogP contribution is -2.50. The van der Waals surface area contributed by atoms with Gasteiger partial charge in [0.2, 0.25) is 0 Å². The van der Waals surface area contributed by atoms with Crippen LogP contribution in [-0.2, 0) is 0 Å². The van der Waals surface area contributed by atoms with E-state index >= 15 is 0 Å². The topological polar surface area (TPSA) is 32.7 Å². The van der Waals surface area contributed by atoms with E-state index in [-0.39, 0.29) is 6.10 Å². The summed E-state index contributed by atoms with van der Waals surface area (Å²) in [6, 6.07) is 8.56. The van der Waals surface area contributed by atoms with E-state index in [4.69, 9.17) is 9.84 Å². The molecule has 1 aliphatic heterocycles. The molecule has 1 heterocycles. The van der Waals surface area contributed by atoms with Crippen molar-refractivity contribution in [2.75, 3.05) is 25.1 Å². The second-order valence-electron chi connectivity index (χ2n) is 3.16. The molecular weight excluding hydrogens is 166 g/mol. The van der Waals surface area contributed by atoms with Crippen molar-refractivity contribution in [3.8, 4) is 5.75 Å². The summed E-state index contributed by atoms with van der Waals surface area (Å²) in [4.78, 5) is 2.08. The van der Waals surface area contributed by atoms with Crippen LogP contribution in [0.4, 0.5) is 5.69 Å². The first-order chi connectivity index (χ1) is 6.31. The molecule has 1 aliphatic rings. The zero-order chi connectivity index (χ0) is 9.26.